The molecule has 1 aliphatic heterocycles. The highest BCUT2D eigenvalue weighted by molar-refractivity contribution is 5.94. The maximum Gasteiger partial charge on any atom is 0.337 e. The number of carbonyl (C=O) groups is 1. The number of benzene rings is 1. The van der Waals surface area contributed by atoms with Crippen molar-refractivity contribution < 1.29 is 19.0 Å². The van der Waals surface area contributed by atoms with Crippen molar-refractivity contribution in [1.82, 2.24) is 0 Å². The van der Waals surface area contributed by atoms with Gasteiger partial charge in [0.15, 0.2) is 0 Å². The van der Waals surface area contributed by atoms with E-state index in [2.05, 4.69) is 5.32 Å². The number of carboxylic acids is 1. The molecule has 1 fully saturated rings. The monoisotopic (exact) mass is 239 g/mol. The van der Waals surface area contributed by atoms with Gasteiger partial charge in [-0.25, -0.2) is 9.18 Å². The summed E-state index contributed by atoms with van der Waals surface area (Å²) in [4.78, 5) is 10.9. The van der Waals surface area contributed by atoms with Gasteiger partial charge in [-0.15, -0.1) is 0 Å². The number of ether oxygens (including phenoxy) is 1. The molecule has 5 heteroatoms. The summed E-state index contributed by atoms with van der Waals surface area (Å²) in [7, 11) is 0. The first kappa shape index (κ1) is 11.9. The van der Waals surface area contributed by atoms with Gasteiger partial charge in [0.2, 0.25) is 0 Å². The predicted molar refractivity (Wildman–Crippen MR) is 60.8 cm³/mol. The quantitative estimate of drug-likeness (QED) is 0.843. The van der Waals surface area contributed by atoms with Crippen molar-refractivity contribution in [2.75, 3.05) is 25.1 Å². The van der Waals surface area contributed by atoms with Gasteiger partial charge >= 0.3 is 5.97 Å². The zero-order valence-electron chi connectivity index (χ0n) is 9.28. The third-order valence-corrected chi connectivity index (χ3v) is 2.82. The van der Waals surface area contributed by atoms with Crippen molar-refractivity contribution in [2.24, 2.45) is 5.92 Å². The van der Waals surface area contributed by atoms with Gasteiger partial charge < -0.3 is 15.2 Å². The van der Waals surface area contributed by atoms with Crippen molar-refractivity contribution in [3.05, 3.63) is 29.6 Å². The fraction of sp³-hybridized carbons (Fsp3) is 0.417. The topological polar surface area (TPSA) is 58.6 Å². The second-order valence-electron chi connectivity index (χ2n) is 4.11. The van der Waals surface area contributed by atoms with Crippen molar-refractivity contribution in [3.63, 3.8) is 0 Å². The molecule has 0 spiro atoms. The van der Waals surface area contributed by atoms with E-state index in [4.69, 9.17) is 9.84 Å². The van der Waals surface area contributed by atoms with Crippen LogP contribution in [0.4, 0.5) is 10.1 Å². The van der Waals surface area contributed by atoms with E-state index < -0.39 is 11.8 Å². The highest BCUT2D eigenvalue weighted by Crippen LogP contribution is 2.19. The Kier molecular flexibility index (Phi) is 3.58. The first-order valence-corrected chi connectivity index (χ1v) is 5.51. The molecule has 1 saturated heterocycles. The van der Waals surface area contributed by atoms with E-state index in [0.717, 1.165) is 19.1 Å². The molecule has 4 nitrogen and oxygen atoms in total. The fourth-order valence-corrected chi connectivity index (χ4v) is 1.85. The van der Waals surface area contributed by atoms with Crippen molar-refractivity contribution in [3.8, 4) is 0 Å². The second kappa shape index (κ2) is 5.14. The summed E-state index contributed by atoms with van der Waals surface area (Å²) in [6.07, 6.45) is 0.969. The standard InChI is InChI=1S/C12H14FNO3/c13-9-1-2-11(10(5-9)12(15)16)14-6-8-3-4-17-7-8/h1-2,5,8,14H,3-4,6-7H2,(H,15,16). The lowest BCUT2D eigenvalue weighted by molar-refractivity contribution is 0.0697. The summed E-state index contributed by atoms with van der Waals surface area (Å²) in [5.41, 5.74) is 0.412. The van der Waals surface area contributed by atoms with Gasteiger partial charge in [-0.3, -0.25) is 0 Å². The van der Waals surface area contributed by atoms with Crippen LogP contribution in [0.15, 0.2) is 18.2 Å². The minimum Gasteiger partial charge on any atom is -0.478 e. The lowest BCUT2D eigenvalue weighted by Gasteiger charge is -2.12. The molecule has 0 amide bonds. The second-order valence-corrected chi connectivity index (χ2v) is 4.11. The Bertz CT molecular complexity index is 416. The van der Waals surface area contributed by atoms with Gasteiger partial charge in [-0.2, -0.15) is 0 Å². The molecule has 0 bridgehead atoms. The molecule has 2 N–H and O–H groups in total. The van der Waals surface area contributed by atoms with Crippen molar-refractivity contribution in [1.29, 1.82) is 0 Å². The smallest absolute Gasteiger partial charge is 0.337 e. The minimum absolute atomic E-state index is 0.0380. The molecular weight excluding hydrogens is 225 g/mol. The first-order chi connectivity index (χ1) is 8.16. The molecule has 0 aliphatic carbocycles. The zero-order valence-corrected chi connectivity index (χ0v) is 9.28. The van der Waals surface area contributed by atoms with Gasteiger partial charge in [0.1, 0.15) is 5.82 Å². The van der Waals surface area contributed by atoms with E-state index >= 15 is 0 Å². The Morgan fingerprint density at radius 2 is 2.41 bits per heavy atom. The number of aromatic carboxylic acids is 1. The molecule has 1 aromatic carbocycles. The van der Waals surface area contributed by atoms with Crippen LogP contribution in [0.1, 0.15) is 16.8 Å². The van der Waals surface area contributed by atoms with Gasteiger partial charge in [-0.05, 0) is 24.6 Å². The van der Waals surface area contributed by atoms with Crippen LogP contribution in [0.5, 0.6) is 0 Å². The maximum atomic E-state index is 12.9. The van der Waals surface area contributed by atoms with Crippen molar-refractivity contribution in [2.45, 2.75) is 6.42 Å². The molecular formula is C12H14FNO3. The lowest BCUT2D eigenvalue weighted by Crippen LogP contribution is -2.16. The van der Waals surface area contributed by atoms with E-state index in [-0.39, 0.29) is 5.56 Å². The fourth-order valence-electron chi connectivity index (χ4n) is 1.85. The van der Waals surface area contributed by atoms with Crippen LogP contribution in [-0.4, -0.2) is 30.8 Å². The van der Waals surface area contributed by atoms with Crippen LogP contribution in [0.3, 0.4) is 0 Å². The molecule has 1 aromatic rings. The third kappa shape index (κ3) is 2.94. The highest BCUT2D eigenvalue weighted by atomic mass is 19.1. The SMILES string of the molecule is O=C(O)c1cc(F)ccc1NCC1CCOC1. The van der Waals surface area contributed by atoms with Gasteiger partial charge in [0.05, 0.1) is 12.2 Å². The summed E-state index contributed by atoms with van der Waals surface area (Å²) < 4.78 is 18.2. The Morgan fingerprint density at radius 1 is 1.59 bits per heavy atom. The summed E-state index contributed by atoms with van der Waals surface area (Å²) in [5, 5.41) is 12.0. The number of carboxylic acid groups (broad SMARTS) is 1. The van der Waals surface area contributed by atoms with E-state index in [0.29, 0.717) is 24.8 Å². The Hall–Kier alpha value is -1.62. The van der Waals surface area contributed by atoms with Gasteiger partial charge in [-0.1, -0.05) is 0 Å². The molecule has 1 aliphatic rings. The van der Waals surface area contributed by atoms with E-state index in [1.807, 2.05) is 0 Å². The van der Waals surface area contributed by atoms with Crippen LogP contribution < -0.4 is 5.32 Å². The van der Waals surface area contributed by atoms with Crippen LogP contribution in [0.25, 0.3) is 0 Å². The number of hydrogen-bond acceptors (Lipinski definition) is 3. The average molecular weight is 239 g/mol. The number of hydrogen-bond donors (Lipinski definition) is 2. The maximum absolute atomic E-state index is 12.9. The molecule has 92 valence electrons. The largest absolute Gasteiger partial charge is 0.478 e. The van der Waals surface area contributed by atoms with Gasteiger partial charge in [0, 0.05) is 24.8 Å². The number of anilines is 1. The van der Waals surface area contributed by atoms with Crippen LogP contribution in [0, 0.1) is 11.7 Å². The molecule has 1 atom stereocenters. The molecule has 0 aromatic heterocycles. The summed E-state index contributed by atoms with van der Waals surface area (Å²) in [6.45, 7) is 2.09. The van der Waals surface area contributed by atoms with Crippen LogP contribution >= 0.6 is 0 Å². The molecule has 0 saturated carbocycles. The Morgan fingerprint density at radius 3 is 3.06 bits per heavy atom. The zero-order chi connectivity index (χ0) is 12.3. The summed E-state index contributed by atoms with van der Waals surface area (Å²) in [6, 6.07) is 3.73. The lowest BCUT2D eigenvalue weighted by atomic mass is 10.1. The third-order valence-electron chi connectivity index (χ3n) is 2.82. The van der Waals surface area contributed by atoms with Crippen LogP contribution in [-0.2, 0) is 4.74 Å². The molecule has 0 radical (unpaired) electrons. The summed E-state index contributed by atoms with van der Waals surface area (Å²) >= 11 is 0. The number of rotatable bonds is 4. The Labute approximate surface area is 98.4 Å². The molecule has 1 unspecified atom stereocenters. The molecule has 1 heterocycles. The average Bonchev–Trinajstić information content (AvgIpc) is 2.80. The van der Waals surface area contributed by atoms with Crippen LogP contribution in [0.2, 0.25) is 0 Å². The van der Waals surface area contributed by atoms with E-state index in [1.165, 1.54) is 12.1 Å². The van der Waals surface area contributed by atoms with E-state index in [1.54, 1.807) is 0 Å². The summed E-state index contributed by atoms with van der Waals surface area (Å²) in [5.74, 6) is -1.28. The van der Waals surface area contributed by atoms with Crippen molar-refractivity contribution >= 4 is 11.7 Å². The first-order valence-electron chi connectivity index (χ1n) is 5.51. The highest BCUT2D eigenvalue weighted by Gasteiger charge is 2.17. The van der Waals surface area contributed by atoms with Gasteiger partial charge in [0.25, 0.3) is 0 Å². The molecule has 17 heavy (non-hydrogen) atoms. The Balaban J connectivity index is 2.06. The normalized spacial score (nSPS) is 19.2. The minimum atomic E-state index is -1.13. The molecule has 2 rings (SSSR count). The predicted octanol–water partition coefficient (Wildman–Crippen LogP) is 1.97. The number of halogens is 1. The number of nitrogens with one attached hydrogen (secondary N) is 1. The van der Waals surface area contributed by atoms with E-state index in [9.17, 15) is 9.18 Å².